The summed E-state index contributed by atoms with van der Waals surface area (Å²) in [5.74, 6) is 0.817. The van der Waals surface area contributed by atoms with Crippen LogP contribution in [0.2, 0.25) is 0 Å². The highest BCUT2D eigenvalue weighted by atomic mass is 16.7. The average Bonchev–Trinajstić information content (AvgIpc) is 3.42. The first-order chi connectivity index (χ1) is 20.1. The molecular weight excluding hydrogens is 533 g/mol. The number of rotatable bonds is 9. The standard InChI is InChI=1S/C33H36BNO7/c1-32(2)33(3,4)42-34(41-32)23(15-21-16-30(39-6)22(19-36)17-29(21)38-5)18-35-31(37)40-20-28-26-13-9-7-11-24(26)25-12-8-10-14-27(25)28/h7-17,19,28H,18,20H2,1-6H3,(H,35,37). The number of hydrogen-bond donors (Lipinski definition) is 1. The van der Waals surface area contributed by atoms with E-state index in [-0.39, 0.29) is 19.1 Å². The van der Waals surface area contributed by atoms with Crippen molar-refractivity contribution in [2.45, 2.75) is 44.8 Å². The summed E-state index contributed by atoms with van der Waals surface area (Å²) in [5, 5.41) is 2.88. The van der Waals surface area contributed by atoms with E-state index in [9.17, 15) is 9.59 Å². The summed E-state index contributed by atoms with van der Waals surface area (Å²) < 4.78 is 29.4. The second-order valence-corrected chi connectivity index (χ2v) is 11.4. The second kappa shape index (κ2) is 11.7. The monoisotopic (exact) mass is 569 g/mol. The number of carbonyl (C=O) groups is 2. The molecule has 0 saturated carbocycles. The van der Waals surface area contributed by atoms with Gasteiger partial charge in [0.15, 0.2) is 6.29 Å². The number of hydrogen-bond acceptors (Lipinski definition) is 7. The molecule has 9 heteroatoms. The quantitative estimate of drug-likeness (QED) is 0.247. The van der Waals surface area contributed by atoms with Crippen LogP contribution in [0.4, 0.5) is 4.79 Å². The van der Waals surface area contributed by atoms with Gasteiger partial charge in [-0.15, -0.1) is 0 Å². The molecular formula is C33H36BNO7. The molecule has 2 aliphatic rings. The topological polar surface area (TPSA) is 92.3 Å². The minimum absolute atomic E-state index is 0.0469. The highest BCUT2D eigenvalue weighted by Crippen LogP contribution is 2.44. The maximum absolute atomic E-state index is 13.0. The summed E-state index contributed by atoms with van der Waals surface area (Å²) >= 11 is 0. The number of aldehydes is 1. The molecule has 8 nitrogen and oxygen atoms in total. The zero-order valence-electron chi connectivity index (χ0n) is 24.9. The van der Waals surface area contributed by atoms with E-state index in [4.69, 9.17) is 23.5 Å². The number of fused-ring (bicyclic) bond motifs is 3. The SMILES string of the molecule is COc1cc(C=C(CNC(=O)OCC2c3ccccc3-c3ccccc32)B2OC(C)(C)C(C)(C)O2)c(OC)cc1C=O. The third-order valence-corrected chi connectivity index (χ3v) is 8.39. The molecule has 0 unspecified atom stereocenters. The minimum Gasteiger partial charge on any atom is -0.496 e. The Labute approximate surface area is 247 Å². The van der Waals surface area contributed by atoms with Crippen LogP contribution in [0, 0.1) is 0 Å². The molecule has 3 aromatic carbocycles. The van der Waals surface area contributed by atoms with Gasteiger partial charge in [0, 0.05) is 18.0 Å². The summed E-state index contributed by atoms with van der Waals surface area (Å²) in [7, 11) is 2.28. The van der Waals surface area contributed by atoms with Gasteiger partial charge in [-0.3, -0.25) is 4.79 Å². The van der Waals surface area contributed by atoms with Crippen LogP contribution >= 0.6 is 0 Å². The molecule has 0 radical (unpaired) electrons. The second-order valence-electron chi connectivity index (χ2n) is 11.4. The van der Waals surface area contributed by atoms with E-state index >= 15 is 0 Å². The Morgan fingerprint density at radius 1 is 0.881 bits per heavy atom. The summed E-state index contributed by atoms with van der Waals surface area (Å²) in [6.07, 6.45) is 1.98. The molecule has 0 bridgehead atoms. The molecule has 1 saturated heterocycles. The normalized spacial score (nSPS) is 16.9. The van der Waals surface area contributed by atoms with E-state index < -0.39 is 24.4 Å². The molecule has 218 valence electrons. The fraction of sp³-hybridized carbons (Fsp3) is 0.333. The summed E-state index contributed by atoms with van der Waals surface area (Å²) in [5.41, 5.74) is 5.07. The number of benzene rings is 3. The van der Waals surface area contributed by atoms with E-state index in [1.807, 2.05) is 58.0 Å². The van der Waals surface area contributed by atoms with Crippen molar-refractivity contribution in [3.63, 3.8) is 0 Å². The maximum Gasteiger partial charge on any atom is 0.492 e. The lowest BCUT2D eigenvalue weighted by molar-refractivity contribution is 0.00578. The zero-order valence-corrected chi connectivity index (χ0v) is 24.9. The molecule has 0 atom stereocenters. The van der Waals surface area contributed by atoms with E-state index in [2.05, 4.69) is 29.6 Å². The van der Waals surface area contributed by atoms with Crippen molar-refractivity contribution in [3.05, 3.63) is 88.4 Å². The molecule has 1 fully saturated rings. The van der Waals surface area contributed by atoms with Crippen LogP contribution in [-0.4, -0.2) is 58.1 Å². The molecule has 1 amide bonds. The number of alkyl carbamates (subject to hydrolysis) is 1. The first-order valence-corrected chi connectivity index (χ1v) is 13.9. The first kappa shape index (κ1) is 29.4. The average molecular weight is 569 g/mol. The van der Waals surface area contributed by atoms with E-state index in [1.54, 1.807) is 12.1 Å². The third-order valence-electron chi connectivity index (χ3n) is 8.39. The Kier molecular flexibility index (Phi) is 8.17. The van der Waals surface area contributed by atoms with Crippen molar-refractivity contribution in [1.82, 2.24) is 5.32 Å². The lowest BCUT2D eigenvalue weighted by Crippen LogP contribution is -2.41. The lowest BCUT2D eigenvalue weighted by atomic mass is 9.77. The molecule has 1 aliphatic heterocycles. The van der Waals surface area contributed by atoms with Crippen LogP contribution in [0.15, 0.2) is 66.1 Å². The Bertz CT molecular complexity index is 1470. The van der Waals surface area contributed by atoms with Gasteiger partial charge >= 0.3 is 13.2 Å². The Hall–Kier alpha value is -4.08. The van der Waals surface area contributed by atoms with Gasteiger partial charge in [0.25, 0.3) is 0 Å². The predicted octanol–water partition coefficient (Wildman–Crippen LogP) is 6.07. The van der Waals surface area contributed by atoms with Gasteiger partial charge in [-0.05, 0) is 67.6 Å². The van der Waals surface area contributed by atoms with Gasteiger partial charge in [-0.25, -0.2) is 4.79 Å². The Morgan fingerprint density at radius 3 is 1.95 bits per heavy atom. The van der Waals surface area contributed by atoms with Gasteiger partial charge in [-0.1, -0.05) is 54.6 Å². The number of ether oxygens (including phenoxy) is 3. The van der Waals surface area contributed by atoms with Crippen LogP contribution in [0.5, 0.6) is 11.5 Å². The molecule has 1 aliphatic carbocycles. The summed E-state index contributed by atoms with van der Waals surface area (Å²) in [6.45, 7) is 8.15. The van der Waals surface area contributed by atoms with Crippen LogP contribution < -0.4 is 14.8 Å². The van der Waals surface area contributed by atoms with Crippen molar-refractivity contribution < 1.29 is 33.1 Å². The van der Waals surface area contributed by atoms with Crippen molar-refractivity contribution in [3.8, 4) is 22.6 Å². The van der Waals surface area contributed by atoms with E-state index in [1.165, 1.54) is 14.2 Å². The first-order valence-electron chi connectivity index (χ1n) is 13.9. The molecule has 5 rings (SSSR count). The van der Waals surface area contributed by atoms with Crippen LogP contribution in [-0.2, 0) is 14.0 Å². The fourth-order valence-electron chi connectivity index (χ4n) is 5.37. The minimum atomic E-state index is -0.745. The van der Waals surface area contributed by atoms with Crippen LogP contribution in [0.25, 0.3) is 17.2 Å². The smallest absolute Gasteiger partial charge is 0.492 e. The molecule has 1 heterocycles. The van der Waals surface area contributed by atoms with E-state index in [0.29, 0.717) is 34.4 Å². The Morgan fingerprint density at radius 2 is 1.40 bits per heavy atom. The highest BCUT2D eigenvalue weighted by Gasteiger charge is 2.52. The van der Waals surface area contributed by atoms with Crippen LogP contribution in [0.3, 0.4) is 0 Å². The van der Waals surface area contributed by atoms with Crippen LogP contribution in [0.1, 0.15) is 60.7 Å². The molecule has 3 aromatic rings. The molecule has 0 spiro atoms. The number of methoxy groups -OCH3 is 2. The van der Waals surface area contributed by atoms with Crippen molar-refractivity contribution in [2.75, 3.05) is 27.4 Å². The van der Waals surface area contributed by atoms with Gasteiger partial charge in [-0.2, -0.15) is 0 Å². The van der Waals surface area contributed by atoms with Crippen molar-refractivity contribution >= 4 is 25.6 Å². The molecule has 0 aromatic heterocycles. The zero-order chi connectivity index (χ0) is 30.1. The van der Waals surface area contributed by atoms with Crippen molar-refractivity contribution in [1.29, 1.82) is 0 Å². The van der Waals surface area contributed by atoms with Gasteiger partial charge in [0.05, 0.1) is 31.0 Å². The summed E-state index contributed by atoms with van der Waals surface area (Å²) in [4.78, 5) is 24.6. The third kappa shape index (κ3) is 5.54. The fourth-order valence-corrected chi connectivity index (χ4v) is 5.37. The number of carbonyl (C=O) groups excluding carboxylic acids is 2. The van der Waals surface area contributed by atoms with E-state index in [0.717, 1.165) is 22.3 Å². The van der Waals surface area contributed by atoms with Crippen molar-refractivity contribution in [2.24, 2.45) is 0 Å². The molecule has 42 heavy (non-hydrogen) atoms. The summed E-state index contributed by atoms with van der Waals surface area (Å²) in [6, 6.07) is 19.7. The lowest BCUT2D eigenvalue weighted by Gasteiger charge is -2.32. The number of amides is 1. The maximum atomic E-state index is 13.0. The predicted molar refractivity (Wildman–Crippen MR) is 162 cm³/mol. The van der Waals surface area contributed by atoms with Gasteiger partial charge < -0.3 is 28.8 Å². The highest BCUT2D eigenvalue weighted by molar-refractivity contribution is 6.56. The Balaban J connectivity index is 1.37. The molecule has 1 N–H and O–H groups in total. The van der Waals surface area contributed by atoms with Gasteiger partial charge in [0.1, 0.15) is 18.1 Å². The number of nitrogens with one attached hydrogen (secondary N) is 1. The van der Waals surface area contributed by atoms with Gasteiger partial charge in [0.2, 0.25) is 0 Å². The largest absolute Gasteiger partial charge is 0.496 e.